The summed E-state index contributed by atoms with van der Waals surface area (Å²) in [5.41, 5.74) is 8.41. The molecule has 1 amide bonds. The Labute approximate surface area is 199 Å². The molecule has 2 aliphatic rings. The van der Waals surface area contributed by atoms with Crippen LogP contribution in [0.15, 0.2) is 42.9 Å². The second-order valence-electron chi connectivity index (χ2n) is 10.7. The van der Waals surface area contributed by atoms with E-state index in [1.165, 1.54) is 12.0 Å². The second-order valence-corrected chi connectivity index (χ2v) is 10.7. The van der Waals surface area contributed by atoms with Gasteiger partial charge in [0.1, 0.15) is 17.5 Å². The van der Waals surface area contributed by atoms with Crippen LogP contribution in [0.4, 0.5) is 10.2 Å². The summed E-state index contributed by atoms with van der Waals surface area (Å²) >= 11 is 0. The molecule has 34 heavy (non-hydrogen) atoms. The van der Waals surface area contributed by atoms with E-state index in [9.17, 15) is 9.18 Å². The molecule has 2 aliphatic heterocycles. The van der Waals surface area contributed by atoms with Gasteiger partial charge in [-0.3, -0.25) is 9.69 Å². The maximum atomic E-state index is 14.2. The molecule has 2 aromatic heterocycles. The number of likely N-dealkylation sites (tertiary alicyclic amines) is 1. The number of primary amides is 1. The molecule has 2 N–H and O–H groups in total. The largest absolute Gasteiger partial charge is 0.369 e. The van der Waals surface area contributed by atoms with Crippen molar-refractivity contribution in [1.82, 2.24) is 19.5 Å². The number of hydrogen-bond acceptors (Lipinski definition) is 5. The van der Waals surface area contributed by atoms with Crippen LogP contribution in [-0.2, 0) is 24.2 Å². The van der Waals surface area contributed by atoms with Crippen LogP contribution in [0.1, 0.15) is 43.4 Å². The van der Waals surface area contributed by atoms with Crippen molar-refractivity contribution in [2.45, 2.75) is 51.7 Å². The molecule has 8 heteroatoms. The Hall–Kier alpha value is -3.00. The van der Waals surface area contributed by atoms with E-state index < -0.39 is 5.67 Å². The normalized spacial score (nSPS) is 21.2. The third-order valence-electron chi connectivity index (χ3n) is 7.13. The van der Waals surface area contributed by atoms with Crippen molar-refractivity contribution in [2.75, 3.05) is 31.1 Å². The Morgan fingerprint density at radius 3 is 2.59 bits per heavy atom. The van der Waals surface area contributed by atoms with Crippen molar-refractivity contribution in [1.29, 1.82) is 0 Å². The number of nitrogens with zero attached hydrogens (tertiary/aromatic N) is 5. The number of halogens is 1. The first-order valence-electron chi connectivity index (χ1n) is 12.0. The average Bonchev–Trinajstić information content (AvgIpc) is 3.46. The molecule has 2 fully saturated rings. The van der Waals surface area contributed by atoms with Gasteiger partial charge in [-0.15, -0.1) is 0 Å². The van der Waals surface area contributed by atoms with Gasteiger partial charge in [0, 0.05) is 44.2 Å². The minimum absolute atomic E-state index is 0.268. The predicted molar refractivity (Wildman–Crippen MR) is 130 cm³/mol. The summed E-state index contributed by atoms with van der Waals surface area (Å²) in [5, 5.41) is 4.36. The smallest absolute Gasteiger partial charge is 0.221 e. The molecule has 180 valence electrons. The van der Waals surface area contributed by atoms with E-state index in [0.717, 1.165) is 61.6 Å². The molecule has 0 saturated carbocycles. The summed E-state index contributed by atoms with van der Waals surface area (Å²) in [6.07, 6.45) is 6.47. The van der Waals surface area contributed by atoms with Gasteiger partial charge in [-0.05, 0) is 56.0 Å². The molecule has 4 heterocycles. The number of hydrogen-bond donors (Lipinski definition) is 1. The van der Waals surface area contributed by atoms with Gasteiger partial charge in [-0.2, -0.15) is 5.10 Å². The van der Waals surface area contributed by atoms with Crippen LogP contribution in [0, 0.1) is 5.41 Å². The van der Waals surface area contributed by atoms with E-state index in [1.54, 1.807) is 20.2 Å². The van der Waals surface area contributed by atoms with Crippen LogP contribution in [0.2, 0.25) is 0 Å². The van der Waals surface area contributed by atoms with Crippen LogP contribution in [0.5, 0.6) is 0 Å². The first-order chi connectivity index (χ1) is 16.2. The number of carbonyl (C=O) groups excluding carboxylic acids is 1. The van der Waals surface area contributed by atoms with Gasteiger partial charge in [0.15, 0.2) is 5.82 Å². The summed E-state index contributed by atoms with van der Waals surface area (Å²) in [6.45, 7) is 8.21. The van der Waals surface area contributed by atoms with Crippen LogP contribution in [0.3, 0.4) is 0 Å². The maximum absolute atomic E-state index is 14.2. The predicted octanol–water partition coefficient (Wildman–Crippen LogP) is 3.15. The van der Waals surface area contributed by atoms with E-state index in [-0.39, 0.29) is 17.7 Å². The Morgan fingerprint density at radius 2 is 1.85 bits per heavy atom. The van der Waals surface area contributed by atoms with Crippen LogP contribution in [0.25, 0.3) is 5.52 Å². The van der Waals surface area contributed by atoms with Gasteiger partial charge in [0.25, 0.3) is 0 Å². The van der Waals surface area contributed by atoms with Gasteiger partial charge in [-0.25, -0.2) is 13.9 Å². The van der Waals surface area contributed by atoms with Gasteiger partial charge >= 0.3 is 0 Å². The highest BCUT2D eigenvalue weighted by molar-refractivity contribution is 5.76. The minimum atomic E-state index is -1.26. The highest BCUT2D eigenvalue weighted by atomic mass is 19.1. The van der Waals surface area contributed by atoms with Crippen molar-refractivity contribution in [2.24, 2.45) is 11.1 Å². The molecule has 0 bridgehead atoms. The summed E-state index contributed by atoms with van der Waals surface area (Å²) in [5.74, 6) is 0.641. The molecule has 1 spiro atoms. The van der Waals surface area contributed by atoms with Crippen LogP contribution >= 0.6 is 0 Å². The summed E-state index contributed by atoms with van der Waals surface area (Å²) in [4.78, 5) is 20.6. The molecule has 1 aromatic carbocycles. The Bertz CT molecular complexity index is 1180. The zero-order valence-corrected chi connectivity index (χ0v) is 20.0. The number of rotatable bonds is 7. The Morgan fingerprint density at radius 1 is 1.12 bits per heavy atom. The van der Waals surface area contributed by atoms with Crippen molar-refractivity contribution in [3.63, 3.8) is 0 Å². The SMILES string of the molecule is CC(C)(F)Cc1cc2c(N3CCC4(CCN(Cc5ccc(CC(N)=O)cc5)C4)C3)ncnn2c1. The van der Waals surface area contributed by atoms with E-state index in [0.29, 0.717) is 6.42 Å². The van der Waals surface area contributed by atoms with Gasteiger partial charge < -0.3 is 10.6 Å². The molecule has 3 aromatic rings. The minimum Gasteiger partial charge on any atom is -0.369 e. The van der Waals surface area contributed by atoms with Crippen molar-refractivity contribution < 1.29 is 9.18 Å². The lowest BCUT2D eigenvalue weighted by Gasteiger charge is -2.25. The molecule has 1 atom stereocenters. The number of alkyl halides is 1. The van der Waals surface area contributed by atoms with E-state index >= 15 is 0 Å². The van der Waals surface area contributed by atoms with Crippen LogP contribution in [-0.4, -0.2) is 57.3 Å². The fourth-order valence-electron chi connectivity index (χ4n) is 5.63. The molecule has 1 unspecified atom stereocenters. The quantitative estimate of drug-likeness (QED) is 0.581. The molecule has 5 rings (SSSR count). The highest BCUT2D eigenvalue weighted by Gasteiger charge is 2.44. The Kier molecular flexibility index (Phi) is 5.80. The third kappa shape index (κ3) is 4.92. The van der Waals surface area contributed by atoms with Gasteiger partial charge in [-0.1, -0.05) is 24.3 Å². The van der Waals surface area contributed by atoms with E-state index in [1.807, 2.05) is 28.9 Å². The number of fused-ring (bicyclic) bond motifs is 1. The van der Waals surface area contributed by atoms with Gasteiger partial charge in [0.2, 0.25) is 5.91 Å². The van der Waals surface area contributed by atoms with Crippen LogP contribution < -0.4 is 10.6 Å². The lowest BCUT2D eigenvalue weighted by molar-refractivity contribution is -0.117. The first kappa shape index (κ1) is 22.8. The molecule has 0 aliphatic carbocycles. The summed E-state index contributed by atoms with van der Waals surface area (Å²) in [7, 11) is 0. The van der Waals surface area contributed by atoms with Gasteiger partial charge in [0.05, 0.1) is 6.42 Å². The van der Waals surface area contributed by atoms with E-state index in [4.69, 9.17) is 5.73 Å². The zero-order chi connectivity index (χ0) is 23.9. The fourth-order valence-corrected chi connectivity index (χ4v) is 5.63. The zero-order valence-electron chi connectivity index (χ0n) is 20.0. The van der Waals surface area contributed by atoms with Crippen molar-refractivity contribution in [3.05, 3.63) is 59.5 Å². The number of carbonyl (C=O) groups is 1. The standard InChI is InChI=1S/C26H33FN6O/c1-25(2,27)13-21-11-22-24(29-18-30-33(22)15-21)32-10-8-26(17-32)7-9-31(16-26)14-20-5-3-19(4-6-20)12-23(28)34/h3-6,11,15,18H,7-10,12-14,16-17H2,1-2H3,(H2,28,34). The molecular weight excluding hydrogens is 431 g/mol. The average molecular weight is 465 g/mol. The second kappa shape index (κ2) is 8.65. The maximum Gasteiger partial charge on any atom is 0.221 e. The number of nitrogens with two attached hydrogens (primary N) is 1. The molecular formula is C26H33FN6O. The lowest BCUT2D eigenvalue weighted by atomic mass is 9.86. The third-order valence-corrected chi connectivity index (χ3v) is 7.13. The Balaban J connectivity index is 1.25. The molecule has 2 saturated heterocycles. The summed E-state index contributed by atoms with van der Waals surface area (Å²) in [6, 6.07) is 10.2. The fraction of sp³-hybridized carbons (Fsp3) is 0.500. The van der Waals surface area contributed by atoms with Crippen molar-refractivity contribution in [3.8, 4) is 0 Å². The van der Waals surface area contributed by atoms with E-state index in [2.05, 4.69) is 32.0 Å². The van der Waals surface area contributed by atoms with Crippen molar-refractivity contribution >= 4 is 17.2 Å². The summed E-state index contributed by atoms with van der Waals surface area (Å²) < 4.78 is 16.0. The first-order valence-corrected chi connectivity index (χ1v) is 12.0. The highest BCUT2D eigenvalue weighted by Crippen LogP contribution is 2.42. The molecule has 7 nitrogen and oxygen atoms in total. The molecule has 0 radical (unpaired) electrons. The number of benzene rings is 1. The topological polar surface area (TPSA) is 79.8 Å². The number of anilines is 1. The monoisotopic (exact) mass is 464 g/mol. The lowest BCUT2D eigenvalue weighted by Crippen LogP contribution is -2.31. The number of aromatic nitrogens is 3. The number of amides is 1.